The maximum atomic E-state index is 13.3. The van der Waals surface area contributed by atoms with Crippen molar-refractivity contribution in [1.82, 2.24) is 4.98 Å². The number of nitrogens with zero attached hydrogens (tertiary/aromatic N) is 3. The maximum absolute atomic E-state index is 13.3. The van der Waals surface area contributed by atoms with E-state index < -0.39 is 18.0 Å². The highest BCUT2D eigenvalue weighted by Gasteiger charge is 2.34. The maximum Gasteiger partial charge on any atom is 0.573 e. The Bertz CT molecular complexity index is 582. The zero-order valence-electron chi connectivity index (χ0n) is 11.3. The van der Waals surface area contributed by atoms with Crippen molar-refractivity contribution in [2.75, 3.05) is 18.0 Å². The van der Waals surface area contributed by atoms with Crippen molar-refractivity contribution in [3.05, 3.63) is 17.8 Å². The van der Waals surface area contributed by atoms with E-state index in [9.17, 15) is 22.0 Å². The molecule has 0 atom stereocenters. The van der Waals surface area contributed by atoms with Crippen molar-refractivity contribution in [2.45, 2.75) is 31.5 Å². The lowest BCUT2D eigenvalue weighted by molar-refractivity contribution is -0.274. The van der Waals surface area contributed by atoms with Gasteiger partial charge in [0.25, 0.3) is 0 Å². The topological polar surface area (TPSA) is 49.1 Å². The van der Waals surface area contributed by atoms with Gasteiger partial charge < -0.3 is 9.64 Å². The van der Waals surface area contributed by atoms with Crippen LogP contribution in [0.15, 0.2) is 12.3 Å². The molecule has 0 N–H and O–H groups in total. The van der Waals surface area contributed by atoms with Crippen molar-refractivity contribution in [3.63, 3.8) is 0 Å². The van der Waals surface area contributed by atoms with Gasteiger partial charge in [0, 0.05) is 32.0 Å². The van der Waals surface area contributed by atoms with Crippen molar-refractivity contribution in [3.8, 4) is 11.8 Å². The van der Waals surface area contributed by atoms with Crippen LogP contribution >= 0.6 is 0 Å². The smallest absolute Gasteiger partial charge is 0.404 e. The number of pyridine rings is 1. The number of hydrogen-bond donors (Lipinski definition) is 0. The Kier molecular flexibility index (Phi) is 4.39. The molecule has 2 heterocycles. The monoisotopic (exact) mass is 321 g/mol. The average molecular weight is 321 g/mol. The first kappa shape index (κ1) is 16.3. The lowest BCUT2D eigenvalue weighted by Gasteiger charge is -2.22. The number of ether oxygens (including phenoxy) is 1. The summed E-state index contributed by atoms with van der Waals surface area (Å²) in [6.07, 6.45) is -4.51. The molecule has 0 bridgehead atoms. The number of nitriles is 1. The molecule has 1 aliphatic heterocycles. The van der Waals surface area contributed by atoms with Crippen LogP contribution in [0.2, 0.25) is 0 Å². The molecule has 0 aliphatic carbocycles. The van der Waals surface area contributed by atoms with Gasteiger partial charge in [-0.2, -0.15) is 5.26 Å². The van der Waals surface area contributed by atoms with Crippen molar-refractivity contribution in [2.24, 2.45) is 0 Å². The summed E-state index contributed by atoms with van der Waals surface area (Å²) in [6.45, 7) is 0.241. The van der Waals surface area contributed by atoms with Crippen LogP contribution in [0.1, 0.15) is 24.8 Å². The summed E-state index contributed by atoms with van der Waals surface area (Å²) in [5, 5.41) is 9.04. The Labute approximate surface area is 123 Å². The normalized spacial score (nSPS) is 18.5. The molecule has 1 aromatic rings. The fourth-order valence-corrected chi connectivity index (χ4v) is 2.24. The summed E-state index contributed by atoms with van der Waals surface area (Å²) in [6, 6.07) is 2.62. The Morgan fingerprint density at radius 3 is 2.64 bits per heavy atom. The van der Waals surface area contributed by atoms with Gasteiger partial charge in [0.15, 0.2) is 0 Å². The molecule has 1 saturated heterocycles. The van der Waals surface area contributed by atoms with Gasteiger partial charge in [0.05, 0.1) is 11.8 Å². The number of rotatable bonds is 2. The van der Waals surface area contributed by atoms with E-state index in [0.717, 1.165) is 12.3 Å². The molecule has 0 saturated carbocycles. The van der Waals surface area contributed by atoms with Gasteiger partial charge in [-0.05, 0) is 6.42 Å². The third kappa shape index (κ3) is 4.19. The molecule has 0 radical (unpaired) electrons. The second-order valence-corrected chi connectivity index (χ2v) is 4.90. The molecule has 2 rings (SSSR count). The Balaban J connectivity index is 2.23. The summed E-state index contributed by atoms with van der Waals surface area (Å²) in [7, 11) is 0. The van der Waals surface area contributed by atoms with Crippen LogP contribution in [0, 0.1) is 11.3 Å². The summed E-state index contributed by atoms with van der Waals surface area (Å²) in [5.41, 5.74) is -0.146. The third-order valence-electron chi connectivity index (χ3n) is 3.21. The molecule has 0 amide bonds. The van der Waals surface area contributed by atoms with Crippen LogP contribution in [0.3, 0.4) is 0 Å². The number of alkyl halides is 5. The molecule has 120 valence electrons. The van der Waals surface area contributed by atoms with E-state index in [1.807, 2.05) is 0 Å². The Morgan fingerprint density at radius 2 is 2.00 bits per heavy atom. The highest BCUT2D eigenvalue weighted by atomic mass is 19.4. The van der Waals surface area contributed by atoms with E-state index in [1.54, 1.807) is 6.07 Å². The molecular weight excluding hydrogens is 309 g/mol. The second kappa shape index (κ2) is 5.94. The van der Waals surface area contributed by atoms with Gasteiger partial charge in [0.1, 0.15) is 17.6 Å². The predicted molar refractivity (Wildman–Crippen MR) is 66.6 cm³/mol. The minimum absolute atomic E-state index is 0.0197. The summed E-state index contributed by atoms with van der Waals surface area (Å²) >= 11 is 0. The lowest BCUT2D eigenvalue weighted by atomic mass is 10.1. The van der Waals surface area contributed by atoms with E-state index in [-0.39, 0.29) is 43.7 Å². The first-order valence-electron chi connectivity index (χ1n) is 6.49. The molecule has 1 aliphatic rings. The summed E-state index contributed by atoms with van der Waals surface area (Å²) in [4.78, 5) is 5.26. The van der Waals surface area contributed by atoms with Crippen LogP contribution in [-0.4, -0.2) is 30.4 Å². The van der Waals surface area contributed by atoms with Gasteiger partial charge in [0.2, 0.25) is 5.92 Å². The average Bonchev–Trinajstić information content (AvgIpc) is 2.58. The van der Waals surface area contributed by atoms with Gasteiger partial charge in [-0.25, -0.2) is 13.8 Å². The predicted octanol–water partition coefficient (Wildman–Crippen LogP) is 3.48. The second-order valence-electron chi connectivity index (χ2n) is 4.90. The third-order valence-corrected chi connectivity index (χ3v) is 3.21. The molecule has 1 fully saturated rings. The number of anilines is 1. The largest absolute Gasteiger partial charge is 0.573 e. The zero-order valence-corrected chi connectivity index (χ0v) is 11.3. The van der Waals surface area contributed by atoms with Crippen LogP contribution in [0.5, 0.6) is 5.75 Å². The summed E-state index contributed by atoms with van der Waals surface area (Å²) in [5.74, 6) is -3.30. The molecule has 4 nitrogen and oxygen atoms in total. The lowest BCUT2D eigenvalue weighted by Crippen LogP contribution is -2.27. The number of hydrogen-bond acceptors (Lipinski definition) is 4. The quantitative estimate of drug-likeness (QED) is 0.783. The zero-order chi connectivity index (χ0) is 16.4. The van der Waals surface area contributed by atoms with Crippen molar-refractivity contribution < 1.29 is 26.7 Å². The van der Waals surface area contributed by atoms with E-state index >= 15 is 0 Å². The standard InChI is InChI=1S/C13H12F5N3O/c14-12(15)2-1-4-21(5-3-12)11-9(7-19)6-10(8-20-11)22-13(16,17)18/h6,8H,1-5H2. The van der Waals surface area contributed by atoms with Crippen molar-refractivity contribution >= 4 is 5.82 Å². The molecule has 0 aromatic carbocycles. The van der Waals surface area contributed by atoms with Crippen molar-refractivity contribution in [1.29, 1.82) is 5.26 Å². The van der Waals surface area contributed by atoms with E-state index in [4.69, 9.17) is 5.26 Å². The first-order chi connectivity index (χ1) is 10.2. The Hall–Kier alpha value is -2.11. The van der Waals surface area contributed by atoms with Crippen LogP contribution in [-0.2, 0) is 0 Å². The molecule has 1 aromatic heterocycles. The SMILES string of the molecule is N#Cc1cc(OC(F)(F)F)cnc1N1CCCC(F)(F)CC1. The van der Waals surface area contributed by atoms with Gasteiger partial charge >= 0.3 is 6.36 Å². The molecule has 0 unspecified atom stereocenters. The fraction of sp³-hybridized carbons (Fsp3) is 0.538. The highest BCUT2D eigenvalue weighted by molar-refractivity contribution is 5.56. The molecule has 9 heteroatoms. The number of aromatic nitrogens is 1. The molecule has 22 heavy (non-hydrogen) atoms. The molecular formula is C13H12F5N3O. The highest BCUT2D eigenvalue weighted by Crippen LogP contribution is 2.32. The van der Waals surface area contributed by atoms with Gasteiger partial charge in [-0.1, -0.05) is 0 Å². The Morgan fingerprint density at radius 1 is 1.27 bits per heavy atom. The van der Waals surface area contributed by atoms with E-state index in [2.05, 4.69) is 9.72 Å². The minimum Gasteiger partial charge on any atom is -0.404 e. The van der Waals surface area contributed by atoms with E-state index in [0.29, 0.717) is 0 Å². The minimum atomic E-state index is -4.89. The fourth-order valence-electron chi connectivity index (χ4n) is 2.24. The van der Waals surface area contributed by atoms with E-state index in [1.165, 1.54) is 4.90 Å². The molecule has 0 spiro atoms. The van der Waals surface area contributed by atoms with Gasteiger partial charge in [-0.15, -0.1) is 13.2 Å². The number of halogens is 5. The first-order valence-corrected chi connectivity index (χ1v) is 6.49. The van der Waals surface area contributed by atoms with Crippen LogP contribution in [0.25, 0.3) is 0 Å². The van der Waals surface area contributed by atoms with Crippen LogP contribution in [0.4, 0.5) is 27.8 Å². The van der Waals surface area contributed by atoms with Gasteiger partial charge in [-0.3, -0.25) is 0 Å². The van der Waals surface area contributed by atoms with Crippen LogP contribution < -0.4 is 9.64 Å². The summed E-state index contributed by atoms with van der Waals surface area (Å²) < 4.78 is 66.8.